The first-order valence-electron chi connectivity index (χ1n) is 8.43. The van der Waals surface area contributed by atoms with Crippen LogP contribution in [0, 0.1) is 17.8 Å². The number of ether oxygens (including phenoxy) is 3. The normalized spacial score (nSPS) is 11.0. The van der Waals surface area contributed by atoms with Crippen LogP contribution in [0.25, 0.3) is 0 Å². The Kier molecular flexibility index (Phi) is 8.25. The van der Waals surface area contributed by atoms with Crippen molar-refractivity contribution in [3.63, 3.8) is 0 Å². The molecule has 0 unspecified atom stereocenters. The lowest BCUT2D eigenvalue weighted by Gasteiger charge is -2.17. The minimum absolute atomic E-state index is 0.00688. The van der Waals surface area contributed by atoms with Gasteiger partial charge in [0.2, 0.25) is 0 Å². The molecule has 0 radical (unpaired) electrons. The summed E-state index contributed by atoms with van der Waals surface area (Å²) in [6.45, 7) is 8.17. The highest BCUT2D eigenvalue weighted by atomic mass is 16.6. The third-order valence-electron chi connectivity index (χ3n) is 3.37. The number of hydrogen-bond acceptors (Lipinski definition) is 6. The van der Waals surface area contributed by atoms with Crippen molar-refractivity contribution in [1.29, 1.82) is 0 Å². The fraction of sp³-hybridized carbons (Fsp3) is 0.579. The van der Waals surface area contributed by atoms with Gasteiger partial charge in [0.05, 0.1) is 20.3 Å². The fourth-order valence-electron chi connectivity index (χ4n) is 2.05. The molecule has 0 saturated carbocycles. The van der Waals surface area contributed by atoms with Crippen LogP contribution in [0.3, 0.4) is 0 Å². The molecule has 1 rings (SSSR count). The van der Waals surface area contributed by atoms with Gasteiger partial charge in [-0.1, -0.05) is 33.8 Å². The Hall–Kier alpha value is -2.24. The van der Waals surface area contributed by atoms with Gasteiger partial charge in [0.1, 0.15) is 0 Å². The Morgan fingerprint density at radius 3 is 1.96 bits per heavy atom. The molecule has 0 heterocycles. The zero-order chi connectivity index (χ0) is 19.0. The minimum Gasteiger partial charge on any atom is -0.504 e. The molecule has 25 heavy (non-hydrogen) atoms. The van der Waals surface area contributed by atoms with Crippen molar-refractivity contribution in [1.82, 2.24) is 0 Å². The van der Waals surface area contributed by atoms with Gasteiger partial charge in [-0.2, -0.15) is 0 Å². The Bertz CT molecular complexity index is 555. The lowest BCUT2D eigenvalue weighted by Crippen LogP contribution is -2.31. The number of benzene rings is 1. The van der Waals surface area contributed by atoms with Crippen LogP contribution in [0.4, 0.5) is 0 Å². The molecule has 0 aromatic heterocycles. The van der Waals surface area contributed by atoms with Crippen LogP contribution >= 0.6 is 0 Å². The van der Waals surface area contributed by atoms with Crippen molar-refractivity contribution in [2.24, 2.45) is 17.8 Å². The van der Waals surface area contributed by atoms with E-state index in [1.807, 2.05) is 27.7 Å². The average molecular weight is 352 g/mol. The number of aromatic hydroxyl groups is 1. The number of rotatable bonds is 9. The van der Waals surface area contributed by atoms with E-state index in [1.165, 1.54) is 13.2 Å². The highest BCUT2D eigenvalue weighted by Gasteiger charge is 2.30. The lowest BCUT2D eigenvalue weighted by atomic mass is 9.99. The molecule has 1 aromatic rings. The summed E-state index contributed by atoms with van der Waals surface area (Å²) in [5.41, 5.74) is 0.669. The molecule has 1 N–H and O–H groups in total. The summed E-state index contributed by atoms with van der Waals surface area (Å²) < 4.78 is 15.5. The van der Waals surface area contributed by atoms with Crippen LogP contribution in [-0.4, -0.2) is 37.4 Å². The van der Waals surface area contributed by atoms with E-state index in [4.69, 9.17) is 14.2 Å². The molecule has 0 saturated heterocycles. The van der Waals surface area contributed by atoms with Gasteiger partial charge < -0.3 is 19.3 Å². The molecule has 0 aliphatic heterocycles. The van der Waals surface area contributed by atoms with Crippen LogP contribution in [0.1, 0.15) is 33.3 Å². The molecule has 0 bridgehead atoms. The highest BCUT2D eigenvalue weighted by Crippen LogP contribution is 2.27. The molecule has 0 aliphatic carbocycles. The second-order valence-electron chi connectivity index (χ2n) is 6.81. The van der Waals surface area contributed by atoms with E-state index in [2.05, 4.69) is 0 Å². The van der Waals surface area contributed by atoms with E-state index < -0.39 is 17.9 Å². The third-order valence-corrected chi connectivity index (χ3v) is 3.37. The van der Waals surface area contributed by atoms with E-state index in [-0.39, 0.29) is 43.0 Å². The maximum atomic E-state index is 12.4. The Labute approximate surface area is 149 Å². The third kappa shape index (κ3) is 7.03. The van der Waals surface area contributed by atoms with Crippen LogP contribution < -0.4 is 4.74 Å². The Balaban J connectivity index is 2.92. The standard InChI is InChI=1S/C19H28O6/c1-12(2)10-24-18(21)15(19(22)25-11-13(3)4)8-14-6-7-16(20)17(9-14)23-5/h6-7,9,12-13,15,20H,8,10-11H2,1-5H3. The van der Waals surface area contributed by atoms with Crippen molar-refractivity contribution in [3.05, 3.63) is 23.8 Å². The van der Waals surface area contributed by atoms with Gasteiger partial charge in [-0.3, -0.25) is 9.59 Å². The van der Waals surface area contributed by atoms with Gasteiger partial charge >= 0.3 is 11.9 Å². The molecule has 0 aliphatic rings. The van der Waals surface area contributed by atoms with Gasteiger partial charge in [0, 0.05) is 0 Å². The molecule has 0 fully saturated rings. The van der Waals surface area contributed by atoms with E-state index >= 15 is 0 Å². The van der Waals surface area contributed by atoms with Crippen LogP contribution in [0.15, 0.2) is 18.2 Å². The number of esters is 2. The number of carbonyl (C=O) groups is 2. The second kappa shape index (κ2) is 9.91. The van der Waals surface area contributed by atoms with Crippen LogP contribution in [0.5, 0.6) is 11.5 Å². The fourth-order valence-corrected chi connectivity index (χ4v) is 2.05. The number of phenols is 1. The van der Waals surface area contributed by atoms with Crippen molar-refractivity contribution < 1.29 is 28.9 Å². The van der Waals surface area contributed by atoms with E-state index in [0.29, 0.717) is 5.56 Å². The average Bonchev–Trinajstić information content (AvgIpc) is 2.56. The van der Waals surface area contributed by atoms with Gasteiger partial charge in [0.25, 0.3) is 0 Å². The second-order valence-corrected chi connectivity index (χ2v) is 6.81. The monoisotopic (exact) mass is 352 g/mol. The van der Waals surface area contributed by atoms with E-state index in [9.17, 15) is 14.7 Å². The molecule has 6 nitrogen and oxygen atoms in total. The summed E-state index contributed by atoms with van der Waals surface area (Å²) in [5.74, 6) is -1.64. The summed E-state index contributed by atoms with van der Waals surface area (Å²) >= 11 is 0. The lowest BCUT2D eigenvalue weighted by molar-refractivity contribution is -0.163. The van der Waals surface area contributed by atoms with Crippen LogP contribution in [0.2, 0.25) is 0 Å². The smallest absolute Gasteiger partial charge is 0.320 e. The molecule has 6 heteroatoms. The summed E-state index contributed by atoms with van der Waals surface area (Å²) in [5, 5.41) is 9.67. The molecule has 0 atom stereocenters. The van der Waals surface area contributed by atoms with Crippen LogP contribution in [-0.2, 0) is 25.5 Å². The summed E-state index contributed by atoms with van der Waals surface area (Å²) in [4.78, 5) is 24.7. The Morgan fingerprint density at radius 1 is 1.00 bits per heavy atom. The van der Waals surface area contributed by atoms with E-state index in [1.54, 1.807) is 12.1 Å². The zero-order valence-electron chi connectivity index (χ0n) is 15.6. The Morgan fingerprint density at radius 2 is 1.52 bits per heavy atom. The summed E-state index contributed by atoms with van der Waals surface area (Å²) in [6, 6.07) is 4.69. The minimum atomic E-state index is -1.05. The molecular formula is C19H28O6. The maximum Gasteiger partial charge on any atom is 0.320 e. The number of phenolic OH excluding ortho intramolecular Hbond substituents is 1. The van der Waals surface area contributed by atoms with Crippen molar-refractivity contribution in [2.45, 2.75) is 34.1 Å². The van der Waals surface area contributed by atoms with Gasteiger partial charge in [-0.05, 0) is 36.0 Å². The SMILES string of the molecule is COc1cc(CC(C(=O)OCC(C)C)C(=O)OCC(C)C)ccc1O. The van der Waals surface area contributed by atoms with Crippen molar-refractivity contribution in [3.8, 4) is 11.5 Å². The molecule has 1 aromatic carbocycles. The first-order chi connectivity index (χ1) is 11.7. The summed E-state index contributed by atoms with van der Waals surface area (Å²) in [7, 11) is 1.43. The first kappa shape index (κ1) is 20.8. The predicted octanol–water partition coefficient (Wildman–Crippen LogP) is 2.96. The number of hydrogen-bond donors (Lipinski definition) is 1. The molecule has 0 spiro atoms. The van der Waals surface area contributed by atoms with E-state index in [0.717, 1.165) is 0 Å². The number of carbonyl (C=O) groups excluding carboxylic acids is 2. The topological polar surface area (TPSA) is 82.1 Å². The quantitative estimate of drug-likeness (QED) is 0.543. The molecule has 0 amide bonds. The van der Waals surface area contributed by atoms with Crippen molar-refractivity contribution in [2.75, 3.05) is 20.3 Å². The highest BCUT2D eigenvalue weighted by molar-refractivity contribution is 5.95. The van der Waals surface area contributed by atoms with Crippen molar-refractivity contribution >= 4 is 11.9 Å². The molecule has 140 valence electrons. The van der Waals surface area contributed by atoms with Gasteiger partial charge in [-0.25, -0.2) is 0 Å². The predicted molar refractivity (Wildman–Crippen MR) is 93.4 cm³/mol. The maximum absolute atomic E-state index is 12.4. The van der Waals surface area contributed by atoms with Gasteiger partial charge in [0.15, 0.2) is 17.4 Å². The number of methoxy groups -OCH3 is 1. The molecular weight excluding hydrogens is 324 g/mol. The van der Waals surface area contributed by atoms with Gasteiger partial charge in [-0.15, -0.1) is 0 Å². The zero-order valence-corrected chi connectivity index (χ0v) is 15.6. The largest absolute Gasteiger partial charge is 0.504 e. The first-order valence-corrected chi connectivity index (χ1v) is 8.43. The summed E-state index contributed by atoms with van der Waals surface area (Å²) in [6.07, 6.45) is 0.116.